The van der Waals surface area contributed by atoms with Gasteiger partial charge in [0.1, 0.15) is 5.75 Å². The minimum Gasteiger partial charge on any atom is -0.484 e. The summed E-state index contributed by atoms with van der Waals surface area (Å²) in [5.74, 6) is 1.71. The van der Waals surface area contributed by atoms with Crippen molar-refractivity contribution in [3.05, 3.63) is 41.6 Å². The van der Waals surface area contributed by atoms with Gasteiger partial charge in [-0.1, -0.05) is 25.1 Å². The SMILES string of the molecule is CCc1ccccc1OCc1nnc(CN)o1. The molecule has 2 rings (SSSR count). The van der Waals surface area contributed by atoms with E-state index in [0.717, 1.165) is 17.7 Å². The fourth-order valence-corrected chi connectivity index (χ4v) is 1.51. The van der Waals surface area contributed by atoms with E-state index in [9.17, 15) is 0 Å². The summed E-state index contributed by atoms with van der Waals surface area (Å²) in [5.41, 5.74) is 6.54. The Kier molecular flexibility index (Phi) is 3.72. The van der Waals surface area contributed by atoms with Crippen molar-refractivity contribution >= 4 is 0 Å². The fraction of sp³-hybridized carbons (Fsp3) is 0.333. The van der Waals surface area contributed by atoms with Gasteiger partial charge in [-0.05, 0) is 18.1 Å². The average Bonchev–Trinajstić information content (AvgIpc) is 2.84. The highest BCUT2D eigenvalue weighted by Crippen LogP contribution is 2.19. The zero-order valence-electron chi connectivity index (χ0n) is 9.72. The number of hydrogen-bond acceptors (Lipinski definition) is 5. The maximum absolute atomic E-state index is 5.63. The molecule has 0 atom stereocenters. The largest absolute Gasteiger partial charge is 0.484 e. The lowest BCUT2D eigenvalue weighted by Gasteiger charge is -2.07. The van der Waals surface area contributed by atoms with E-state index >= 15 is 0 Å². The summed E-state index contributed by atoms with van der Waals surface area (Å²) in [6, 6.07) is 7.89. The van der Waals surface area contributed by atoms with Gasteiger partial charge in [0.2, 0.25) is 5.89 Å². The summed E-state index contributed by atoms with van der Waals surface area (Å²) in [7, 11) is 0. The van der Waals surface area contributed by atoms with Gasteiger partial charge in [-0.2, -0.15) is 0 Å². The molecule has 2 aromatic rings. The maximum atomic E-state index is 5.63. The molecular weight excluding hydrogens is 218 g/mol. The predicted octanol–water partition coefficient (Wildman–Crippen LogP) is 1.67. The van der Waals surface area contributed by atoms with Gasteiger partial charge in [0, 0.05) is 0 Å². The molecule has 1 heterocycles. The van der Waals surface area contributed by atoms with Crippen LogP contribution in [0, 0.1) is 0 Å². The van der Waals surface area contributed by atoms with Crippen molar-refractivity contribution in [2.75, 3.05) is 0 Å². The van der Waals surface area contributed by atoms with Gasteiger partial charge >= 0.3 is 0 Å². The normalized spacial score (nSPS) is 10.5. The number of benzene rings is 1. The molecule has 0 unspecified atom stereocenters. The molecule has 5 nitrogen and oxygen atoms in total. The summed E-state index contributed by atoms with van der Waals surface area (Å²) >= 11 is 0. The molecule has 0 radical (unpaired) electrons. The molecule has 0 bridgehead atoms. The number of aromatic nitrogens is 2. The van der Waals surface area contributed by atoms with Crippen LogP contribution in [0.3, 0.4) is 0 Å². The van der Waals surface area contributed by atoms with Crippen molar-refractivity contribution in [3.8, 4) is 5.75 Å². The molecule has 0 aliphatic heterocycles. The first-order valence-corrected chi connectivity index (χ1v) is 5.55. The van der Waals surface area contributed by atoms with Crippen molar-refractivity contribution < 1.29 is 9.15 Å². The van der Waals surface area contributed by atoms with Gasteiger partial charge in [0.05, 0.1) is 6.54 Å². The fourth-order valence-electron chi connectivity index (χ4n) is 1.51. The highest BCUT2D eigenvalue weighted by atomic mass is 16.5. The zero-order valence-corrected chi connectivity index (χ0v) is 9.72. The van der Waals surface area contributed by atoms with Crippen LogP contribution < -0.4 is 10.5 Å². The molecule has 0 aliphatic rings. The van der Waals surface area contributed by atoms with Crippen molar-refractivity contribution in [1.29, 1.82) is 0 Å². The number of para-hydroxylation sites is 1. The Balaban J connectivity index is 2.01. The third kappa shape index (κ3) is 2.82. The van der Waals surface area contributed by atoms with Crippen molar-refractivity contribution in [2.45, 2.75) is 26.5 Å². The Hall–Kier alpha value is -1.88. The molecule has 0 saturated carbocycles. The number of nitrogens with two attached hydrogens (primary N) is 1. The minimum atomic E-state index is 0.249. The van der Waals surface area contributed by atoms with E-state index in [2.05, 4.69) is 17.1 Å². The second-order valence-electron chi connectivity index (χ2n) is 3.54. The molecule has 0 fully saturated rings. The van der Waals surface area contributed by atoms with Gasteiger partial charge in [-0.15, -0.1) is 10.2 Å². The van der Waals surface area contributed by atoms with Gasteiger partial charge in [0.15, 0.2) is 6.61 Å². The molecule has 0 saturated heterocycles. The molecule has 90 valence electrons. The van der Waals surface area contributed by atoms with Gasteiger partial charge < -0.3 is 14.9 Å². The number of ether oxygens (including phenoxy) is 1. The first-order chi connectivity index (χ1) is 8.33. The Morgan fingerprint density at radius 3 is 2.71 bits per heavy atom. The lowest BCUT2D eigenvalue weighted by atomic mass is 10.1. The summed E-state index contributed by atoms with van der Waals surface area (Å²) in [4.78, 5) is 0. The number of nitrogens with zero attached hydrogens (tertiary/aromatic N) is 2. The molecule has 1 aromatic carbocycles. The summed E-state index contributed by atoms with van der Waals surface area (Å²) in [5, 5.41) is 7.60. The molecular formula is C12H15N3O2. The number of aryl methyl sites for hydroxylation is 1. The Morgan fingerprint density at radius 2 is 2.00 bits per heavy atom. The molecule has 0 aliphatic carbocycles. The van der Waals surface area contributed by atoms with Crippen molar-refractivity contribution in [2.24, 2.45) is 5.73 Å². The lowest BCUT2D eigenvalue weighted by molar-refractivity contribution is 0.257. The van der Waals surface area contributed by atoms with Gasteiger partial charge in [-0.3, -0.25) is 0 Å². The Labute approximate surface area is 99.6 Å². The van der Waals surface area contributed by atoms with Crippen LogP contribution >= 0.6 is 0 Å². The third-order valence-corrected chi connectivity index (χ3v) is 2.39. The maximum Gasteiger partial charge on any atom is 0.253 e. The second-order valence-corrected chi connectivity index (χ2v) is 3.54. The van der Waals surface area contributed by atoms with Crippen LogP contribution in [0.5, 0.6) is 5.75 Å². The quantitative estimate of drug-likeness (QED) is 0.850. The van der Waals surface area contributed by atoms with Crippen LogP contribution in [-0.2, 0) is 19.6 Å². The monoisotopic (exact) mass is 233 g/mol. The summed E-state index contributed by atoms with van der Waals surface area (Å²) < 4.78 is 10.9. The van der Waals surface area contributed by atoms with Crippen LogP contribution in [-0.4, -0.2) is 10.2 Å². The van der Waals surface area contributed by atoms with E-state index in [-0.39, 0.29) is 13.2 Å². The van der Waals surface area contributed by atoms with E-state index < -0.39 is 0 Å². The molecule has 0 spiro atoms. The third-order valence-electron chi connectivity index (χ3n) is 2.39. The molecule has 17 heavy (non-hydrogen) atoms. The minimum absolute atomic E-state index is 0.249. The first-order valence-electron chi connectivity index (χ1n) is 5.55. The second kappa shape index (κ2) is 5.45. The van der Waals surface area contributed by atoms with Crippen molar-refractivity contribution in [1.82, 2.24) is 10.2 Å². The van der Waals surface area contributed by atoms with E-state index in [0.29, 0.717) is 11.8 Å². The van der Waals surface area contributed by atoms with Crippen LogP contribution in [0.25, 0.3) is 0 Å². The van der Waals surface area contributed by atoms with E-state index in [1.165, 1.54) is 0 Å². The highest BCUT2D eigenvalue weighted by molar-refractivity contribution is 5.33. The Morgan fingerprint density at radius 1 is 1.24 bits per heavy atom. The van der Waals surface area contributed by atoms with Crippen LogP contribution in [0.2, 0.25) is 0 Å². The highest BCUT2D eigenvalue weighted by Gasteiger charge is 2.06. The van der Waals surface area contributed by atoms with Crippen molar-refractivity contribution in [3.63, 3.8) is 0 Å². The zero-order chi connectivity index (χ0) is 12.1. The smallest absolute Gasteiger partial charge is 0.253 e. The molecule has 2 N–H and O–H groups in total. The number of hydrogen-bond donors (Lipinski definition) is 1. The van der Waals surface area contributed by atoms with E-state index in [1.54, 1.807) is 0 Å². The molecule has 1 aromatic heterocycles. The molecule has 5 heteroatoms. The summed E-state index contributed by atoms with van der Waals surface area (Å²) in [6.45, 7) is 2.60. The topological polar surface area (TPSA) is 74.2 Å². The standard InChI is InChI=1S/C12H15N3O2/c1-2-9-5-3-4-6-10(9)16-8-12-15-14-11(7-13)17-12/h3-6H,2,7-8,13H2,1H3. The van der Waals surface area contributed by atoms with Gasteiger partial charge in [-0.25, -0.2) is 0 Å². The Bertz CT molecular complexity index is 482. The van der Waals surface area contributed by atoms with E-state index in [4.69, 9.17) is 14.9 Å². The average molecular weight is 233 g/mol. The van der Waals surface area contributed by atoms with Crippen LogP contribution in [0.4, 0.5) is 0 Å². The lowest BCUT2D eigenvalue weighted by Crippen LogP contribution is -1.98. The predicted molar refractivity (Wildman–Crippen MR) is 62.3 cm³/mol. The first kappa shape index (κ1) is 11.6. The van der Waals surface area contributed by atoms with Gasteiger partial charge in [0.25, 0.3) is 5.89 Å². The van der Waals surface area contributed by atoms with Crippen LogP contribution in [0.15, 0.2) is 28.7 Å². The number of rotatable bonds is 5. The van der Waals surface area contributed by atoms with E-state index in [1.807, 2.05) is 24.3 Å². The molecule has 0 amide bonds. The van der Waals surface area contributed by atoms with Crippen LogP contribution in [0.1, 0.15) is 24.3 Å². The summed E-state index contributed by atoms with van der Waals surface area (Å²) in [6.07, 6.45) is 0.925.